The molecule has 3 heterocycles. The first kappa shape index (κ1) is 18.0. The fourth-order valence-corrected chi connectivity index (χ4v) is 3.51. The zero-order valence-corrected chi connectivity index (χ0v) is 13.3. The second-order valence-electron chi connectivity index (χ2n) is 5.08. The fourth-order valence-electron chi connectivity index (χ4n) is 2.54. The molecule has 2 aliphatic heterocycles. The van der Waals surface area contributed by atoms with Crippen molar-refractivity contribution in [2.24, 2.45) is 0 Å². The third-order valence-electron chi connectivity index (χ3n) is 3.68. The van der Waals surface area contributed by atoms with Gasteiger partial charge >= 0.3 is 13.5 Å². The van der Waals surface area contributed by atoms with Crippen LogP contribution in [0.25, 0.3) is 0 Å². The maximum Gasteiger partial charge on any atom is 0.472 e. The molecule has 0 aromatic carbocycles. The molecule has 2 saturated heterocycles. The molecule has 12 heteroatoms. The van der Waals surface area contributed by atoms with Gasteiger partial charge in [0.25, 0.3) is 0 Å². The summed E-state index contributed by atoms with van der Waals surface area (Å²) in [6, 6.07) is 0. The zero-order chi connectivity index (χ0) is 16.1. The number of nitrogen functional groups attached to an aromatic ring is 1. The van der Waals surface area contributed by atoms with Crippen molar-refractivity contribution in [1.29, 1.82) is 0 Å². The molecular formula is C11H19N4O7P. The summed E-state index contributed by atoms with van der Waals surface area (Å²) in [5.74, 6) is 0.119. The fraction of sp³-hybridized carbons (Fsp3) is 0.636. The molecule has 2 fully saturated rings. The van der Waals surface area contributed by atoms with Crippen LogP contribution in [0.2, 0.25) is 0 Å². The average Bonchev–Trinajstić information content (AvgIpc) is 2.75. The second kappa shape index (κ2) is 6.29. The van der Waals surface area contributed by atoms with Crippen LogP contribution in [0.1, 0.15) is 18.7 Å². The topological polar surface area (TPSA) is 181 Å². The van der Waals surface area contributed by atoms with E-state index in [2.05, 4.69) is 9.51 Å². The number of phosphoric acid groups is 1. The lowest BCUT2D eigenvalue weighted by atomic mass is 10.1. The van der Waals surface area contributed by atoms with E-state index in [0.717, 1.165) is 4.57 Å². The monoisotopic (exact) mass is 350 g/mol. The van der Waals surface area contributed by atoms with Crippen LogP contribution in [0.4, 0.5) is 5.82 Å². The Hall–Kier alpha value is -1.33. The summed E-state index contributed by atoms with van der Waals surface area (Å²) >= 11 is 0. The van der Waals surface area contributed by atoms with Crippen molar-refractivity contribution in [2.75, 3.05) is 12.3 Å². The SMILES string of the molecule is CCc1cn([C@@H]2O[C@@H]3COP(=O)(O)O[C@H]3[C@H]2O)c(=O)nc1N.N. The molecule has 1 unspecified atom stereocenters. The predicted octanol–water partition coefficient (Wildman–Crippen LogP) is -0.676. The highest BCUT2D eigenvalue weighted by atomic mass is 31.2. The Morgan fingerprint density at radius 1 is 1.57 bits per heavy atom. The van der Waals surface area contributed by atoms with Gasteiger partial charge in [0, 0.05) is 11.8 Å². The van der Waals surface area contributed by atoms with Crippen LogP contribution in [0, 0.1) is 0 Å². The summed E-state index contributed by atoms with van der Waals surface area (Å²) in [6.07, 6.45) is -2.24. The van der Waals surface area contributed by atoms with Crippen LogP contribution in [0.15, 0.2) is 11.0 Å². The van der Waals surface area contributed by atoms with Gasteiger partial charge in [-0.15, -0.1) is 0 Å². The van der Waals surface area contributed by atoms with Gasteiger partial charge in [0.15, 0.2) is 6.23 Å². The van der Waals surface area contributed by atoms with Gasteiger partial charge in [-0.25, -0.2) is 9.36 Å². The maximum absolute atomic E-state index is 12.0. The van der Waals surface area contributed by atoms with Crippen molar-refractivity contribution in [1.82, 2.24) is 15.7 Å². The highest BCUT2D eigenvalue weighted by molar-refractivity contribution is 7.47. The standard InChI is InChI=1S/C11H16N3O7P.H3N/c1-2-5-3-14(11(16)13-9(5)12)10-7(15)8-6(20-10)4-19-22(17,18)21-8;/h3,6-8,10,15H,2,4H2,1H3,(H,17,18)(H2,12,13,16);1H3/t6-,7-,8-,10-;/m1./s1. The lowest BCUT2D eigenvalue weighted by Crippen LogP contribution is -2.40. The van der Waals surface area contributed by atoms with Gasteiger partial charge in [-0.2, -0.15) is 4.98 Å². The summed E-state index contributed by atoms with van der Waals surface area (Å²) < 4.78 is 27.5. The van der Waals surface area contributed by atoms with Gasteiger partial charge in [0.1, 0.15) is 24.1 Å². The minimum Gasteiger partial charge on any atom is -0.386 e. The maximum atomic E-state index is 12.0. The molecule has 1 aromatic heterocycles. The molecular weight excluding hydrogens is 331 g/mol. The smallest absolute Gasteiger partial charge is 0.386 e. The van der Waals surface area contributed by atoms with Crippen LogP contribution in [0.5, 0.6) is 0 Å². The Kier molecular flexibility index (Phi) is 4.92. The number of hydrogen-bond donors (Lipinski definition) is 4. The van der Waals surface area contributed by atoms with Crippen LogP contribution in [-0.2, 0) is 24.8 Å². The molecule has 3 rings (SSSR count). The lowest BCUT2D eigenvalue weighted by molar-refractivity contribution is -0.0685. The van der Waals surface area contributed by atoms with E-state index >= 15 is 0 Å². The summed E-state index contributed by atoms with van der Waals surface area (Å²) in [6.45, 7) is 1.62. The van der Waals surface area contributed by atoms with E-state index in [0.29, 0.717) is 12.0 Å². The minimum atomic E-state index is -4.21. The van der Waals surface area contributed by atoms with Crippen LogP contribution in [0.3, 0.4) is 0 Å². The van der Waals surface area contributed by atoms with Crippen molar-refractivity contribution >= 4 is 13.6 Å². The van der Waals surface area contributed by atoms with Gasteiger partial charge in [-0.1, -0.05) is 6.92 Å². The molecule has 130 valence electrons. The Morgan fingerprint density at radius 2 is 2.26 bits per heavy atom. The highest BCUT2D eigenvalue weighted by Gasteiger charge is 2.52. The number of fused-ring (bicyclic) bond motifs is 1. The third-order valence-corrected chi connectivity index (χ3v) is 4.67. The highest BCUT2D eigenvalue weighted by Crippen LogP contribution is 2.52. The Labute approximate surface area is 131 Å². The van der Waals surface area contributed by atoms with Gasteiger partial charge in [0.2, 0.25) is 0 Å². The Morgan fingerprint density at radius 3 is 2.91 bits per heavy atom. The van der Waals surface area contributed by atoms with E-state index in [1.165, 1.54) is 6.20 Å². The Bertz CT molecular complexity index is 695. The number of ether oxygens (including phenoxy) is 1. The van der Waals surface area contributed by atoms with Gasteiger partial charge < -0.3 is 26.6 Å². The molecule has 2 aliphatic rings. The minimum absolute atomic E-state index is 0. The number of nitrogens with two attached hydrogens (primary N) is 1. The number of aliphatic hydroxyl groups excluding tert-OH is 1. The predicted molar refractivity (Wildman–Crippen MR) is 77.9 cm³/mol. The first-order valence-corrected chi connectivity index (χ1v) is 8.18. The largest absolute Gasteiger partial charge is 0.472 e. The Balaban J connectivity index is 0.00000192. The van der Waals surface area contributed by atoms with Crippen LogP contribution < -0.4 is 17.6 Å². The molecule has 0 radical (unpaired) electrons. The van der Waals surface area contributed by atoms with Gasteiger partial charge in [-0.05, 0) is 6.42 Å². The normalized spacial score (nSPS) is 36.3. The van der Waals surface area contributed by atoms with Crippen molar-refractivity contribution < 1.29 is 28.3 Å². The zero-order valence-electron chi connectivity index (χ0n) is 12.4. The second-order valence-corrected chi connectivity index (χ2v) is 6.49. The molecule has 0 saturated carbocycles. The number of hydrogen-bond acceptors (Lipinski definition) is 9. The summed E-state index contributed by atoms with van der Waals surface area (Å²) in [5, 5.41) is 10.3. The lowest BCUT2D eigenvalue weighted by Gasteiger charge is -2.27. The van der Waals surface area contributed by atoms with Crippen LogP contribution >= 0.6 is 7.82 Å². The summed E-state index contributed by atoms with van der Waals surface area (Å²) in [5.41, 5.74) is 5.58. The van der Waals surface area contributed by atoms with E-state index < -0.39 is 38.1 Å². The van der Waals surface area contributed by atoms with Crippen molar-refractivity contribution in [3.8, 4) is 0 Å². The molecule has 0 bridgehead atoms. The molecule has 11 nitrogen and oxygen atoms in total. The molecule has 5 atom stereocenters. The van der Waals surface area contributed by atoms with Gasteiger partial charge in [-0.3, -0.25) is 13.6 Å². The molecule has 0 aliphatic carbocycles. The molecule has 0 spiro atoms. The molecule has 1 aromatic rings. The third kappa shape index (κ3) is 3.17. The number of phosphoric ester groups is 1. The van der Waals surface area contributed by atoms with Crippen LogP contribution in [-0.4, -0.2) is 44.5 Å². The van der Waals surface area contributed by atoms with Gasteiger partial charge in [0.05, 0.1) is 6.61 Å². The summed E-state index contributed by atoms with van der Waals surface area (Å²) in [7, 11) is -4.21. The van der Waals surface area contributed by atoms with Crippen molar-refractivity contribution in [3.63, 3.8) is 0 Å². The number of nitrogens with zero attached hydrogens (tertiary/aromatic N) is 2. The molecule has 23 heavy (non-hydrogen) atoms. The first-order valence-electron chi connectivity index (χ1n) is 6.69. The number of aryl methyl sites for hydroxylation is 1. The average molecular weight is 350 g/mol. The van der Waals surface area contributed by atoms with E-state index in [1.807, 2.05) is 6.92 Å². The molecule has 7 N–H and O–H groups in total. The number of rotatable bonds is 2. The number of anilines is 1. The van der Waals surface area contributed by atoms with Crippen molar-refractivity contribution in [2.45, 2.75) is 37.9 Å². The van der Waals surface area contributed by atoms with E-state index in [9.17, 15) is 19.4 Å². The molecule has 0 amide bonds. The van der Waals surface area contributed by atoms with E-state index in [1.54, 1.807) is 0 Å². The summed E-state index contributed by atoms with van der Waals surface area (Å²) in [4.78, 5) is 25.0. The number of aliphatic hydroxyl groups is 1. The van der Waals surface area contributed by atoms with E-state index in [-0.39, 0.29) is 18.6 Å². The quantitative estimate of drug-likeness (QED) is 0.499. The van der Waals surface area contributed by atoms with Crippen molar-refractivity contribution in [3.05, 3.63) is 22.2 Å². The number of aromatic nitrogens is 2. The van der Waals surface area contributed by atoms with E-state index in [4.69, 9.17) is 15.0 Å². The first-order chi connectivity index (χ1) is 10.3.